The van der Waals surface area contributed by atoms with Gasteiger partial charge in [-0.05, 0) is 42.7 Å². The van der Waals surface area contributed by atoms with Crippen molar-refractivity contribution in [1.82, 2.24) is 14.7 Å². The highest BCUT2D eigenvalue weighted by atomic mass is 32.2. The van der Waals surface area contributed by atoms with E-state index in [0.29, 0.717) is 40.7 Å². The minimum absolute atomic E-state index is 0.0330. The second kappa shape index (κ2) is 9.86. The minimum Gasteiger partial charge on any atom is -0.760 e. The van der Waals surface area contributed by atoms with Crippen molar-refractivity contribution in [3.8, 4) is 11.3 Å². The van der Waals surface area contributed by atoms with Crippen LogP contribution in [-0.4, -0.2) is 31.1 Å². The van der Waals surface area contributed by atoms with Crippen LogP contribution in [0.5, 0.6) is 0 Å². The topological polar surface area (TPSA) is 95.0 Å². The second-order valence-electron chi connectivity index (χ2n) is 7.17. The van der Waals surface area contributed by atoms with Gasteiger partial charge in [0.15, 0.2) is 5.78 Å². The van der Waals surface area contributed by atoms with Gasteiger partial charge in [-0.3, -0.25) is 14.0 Å². The first-order valence-corrected chi connectivity index (χ1v) is 11.1. The van der Waals surface area contributed by atoms with Gasteiger partial charge < -0.3 is 4.55 Å². The van der Waals surface area contributed by atoms with Crippen LogP contribution in [0.4, 0.5) is 4.39 Å². The first-order valence-electron chi connectivity index (χ1n) is 10.00. The molecule has 0 fully saturated rings. The molecule has 162 valence electrons. The highest BCUT2D eigenvalue weighted by Gasteiger charge is 2.17. The van der Waals surface area contributed by atoms with E-state index in [-0.39, 0.29) is 12.1 Å². The number of nitrogens with one attached hydrogen (secondary N) is 1. The molecule has 0 aliphatic carbocycles. The summed E-state index contributed by atoms with van der Waals surface area (Å²) < 4.78 is 38.3. The summed E-state index contributed by atoms with van der Waals surface area (Å²) in [6.45, 7) is 0.195. The average Bonchev–Trinajstić information content (AvgIpc) is 2.82. The average molecular weight is 448 g/mol. The van der Waals surface area contributed by atoms with Gasteiger partial charge in [-0.1, -0.05) is 42.5 Å². The van der Waals surface area contributed by atoms with Crippen molar-refractivity contribution in [1.29, 1.82) is 0 Å². The van der Waals surface area contributed by atoms with E-state index in [1.54, 1.807) is 36.5 Å². The maximum atomic E-state index is 15.0. The Morgan fingerprint density at radius 2 is 1.84 bits per heavy atom. The predicted molar refractivity (Wildman–Crippen MR) is 120 cm³/mol. The maximum Gasteiger partial charge on any atom is 0.196 e. The molecule has 0 saturated carbocycles. The van der Waals surface area contributed by atoms with Crippen LogP contribution in [0.25, 0.3) is 22.3 Å². The van der Waals surface area contributed by atoms with Crippen molar-refractivity contribution in [2.24, 2.45) is 0 Å². The van der Waals surface area contributed by atoms with Crippen LogP contribution in [0.1, 0.15) is 27.9 Å². The van der Waals surface area contributed by atoms with Crippen molar-refractivity contribution in [3.05, 3.63) is 95.4 Å². The van der Waals surface area contributed by atoms with Crippen LogP contribution in [0.3, 0.4) is 0 Å². The van der Waals surface area contributed by atoms with E-state index < -0.39 is 22.9 Å². The van der Waals surface area contributed by atoms with Gasteiger partial charge >= 0.3 is 0 Å². The fraction of sp³-hybridized carbons (Fsp3) is 0.125. The van der Waals surface area contributed by atoms with E-state index >= 15 is 4.39 Å². The van der Waals surface area contributed by atoms with Gasteiger partial charge in [0.25, 0.3) is 0 Å². The van der Waals surface area contributed by atoms with Crippen LogP contribution >= 0.6 is 0 Å². The SMILES string of the molecule is O=C(c1ccc2ncc(-c3ccccc3)nc2c1)c1cccc(CCCNS(=O)[O-])c1F. The van der Waals surface area contributed by atoms with Crippen LogP contribution < -0.4 is 4.72 Å². The molecule has 4 aromatic rings. The van der Waals surface area contributed by atoms with Crippen LogP contribution in [0.2, 0.25) is 0 Å². The van der Waals surface area contributed by atoms with E-state index in [0.717, 1.165) is 5.56 Å². The number of hydrogen-bond donors (Lipinski definition) is 1. The number of aryl methyl sites for hydroxylation is 1. The summed E-state index contributed by atoms with van der Waals surface area (Å²) in [4.78, 5) is 22.1. The number of carbonyl (C=O) groups excluding carboxylic acids is 1. The molecule has 1 N–H and O–H groups in total. The molecule has 0 amide bonds. The predicted octanol–water partition coefficient (Wildman–Crippen LogP) is 3.98. The Morgan fingerprint density at radius 1 is 1.03 bits per heavy atom. The number of aromatic nitrogens is 2. The lowest BCUT2D eigenvalue weighted by atomic mass is 9.98. The van der Waals surface area contributed by atoms with Crippen molar-refractivity contribution >= 4 is 28.1 Å². The summed E-state index contributed by atoms with van der Waals surface area (Å²) in [5, 5.41) is 0. The highest BCUT2D eigenvalue weighted by molar-refractivity contribution is 7.77. The van der Waals surface area contributed by atoms with Gasteiger partial charge in [0.1, 0.15) is 5.82 Å². The largest absolute Gasteiger partial charge is 0.760 e. The van der Waals surface area contributed by atoms with Crippen molar-refractivity contribution in [3.63, 3.8) is 0 Å². The van der Waals surface area contributed by atoms with Crippen LogP contribution in [-0.2, 0) is 17.7 Å². The fourth-order valence-electron chi connectivity index (χ4n) is 3.44. The molecule has 0 saturated heterocycles. The molecule has 0 aliphatic rings. The molecule has 3 aromatic carbocycles. The summed E-state index contributed by atoms with van der Waals surface area (Å²) in [6.07, 6.45) is 2.40. The molecular weight excluding hydrogens is 429 g/mol. The minimum atomic E-state index is -2.35. The summed E-state index contributed by atoms with van der Waals surface area (Å²) in [6, 6.07) is 19.2. The van der Waals surface area contributed by atoms with Gasteiger partial charge in [-0.2, -0.15) is 0 Å². The number of nitrogens with zero attached hydrogens (tertiary/aromatic N) is 2. The zero-order chi connectivity index (χ0) is 22.5. The third kappa shape index (κ3) is 4.94. The lowest BCUT2D eigenvalue weighted by Gasteiger charge is -2.10. The van der Waals surface area contributed by atoms with Gasteiger partial charge in [0.05, 0.1) is 28.5 Å². The maximum absolute atomic E-state index is 15.0. The summed E-state index contributed by atoms with van der Waals surface area (Å²) >= 11 is -2.35. The summed E-state index contributed by atoms with van der Waals surface area (Å²) in [5.41, 5.74) is 3.42. The van der Waals surface area contributed by atoms with E-state index in [1.165, 1.54) is 6.07 Å². The number of hydrogen-bond acceptors (Lipinski definition) is 5. The molecule has 6 nitrogen and oxygen atoms in total. The molecule has 1 unspecified atom stereocenters. The zero-order valence-electron chi connectivity index (χ0n) is 17.0. The smallest absolute Gasteiger partial charge is 0.196 e. The molecule has 1 aromatic heterocycles. The molecule has 1 heterocycles. The number of fused-ring (bicyclic) bond motifs is 1. The fourth-order valence-corrected chi connectivity index (χ4v) is 3.75. The molecule has 4 rings (SSSR count). The van der Waals surface area contributed by atoms with E-state index in [4.69, 9.17) is 0 Å². The first kappa shape index (κ1) is 21.9. The van der Waals surface area contributed by atoms with Crippen molar-refractivity contribution in [2.75, 3.05) is 6.54 Å². The number of benzene rings is 3. The van der Waals surface area contributed by atoms with Crippen molar-refractivity contribution < 1.29 is 17.9 Å². The highest BCUT2D eigenvalue weighted by Crippen LogP contribution is 2.22. The van der Waals surface area contributed by atoms with E-state index in [9.17, 15) is 13.6 Å². The Hall–Kier alpha value is -3.33. The Bertz CT molecular complexity index is 1300. The number of ketones is 1. The molecule has 32 heavy (non-hydrogen) atoms. The Morgan fingerprint density at radius 3 is 2.62 bits per heavy atom. The number of halogens is 1. The monoisotopic (exact) mass is 448 g/mol. The first-order chi connectivity index (χ1) is 15.5. The van der Waals surface area contributed by atoms with Crippen LogP contribution in [0, 0.1) is 5.82 Å². The Kier molecular flexibility index (Phi) is 6.75. The molecule has 1 atom stereocenters. The van der Waals surface area contributed by atoms with Crippen LogP contribution in [0.15, 0.2) is 72.9 Å². The van der Waals surface area contributed by atoms with Gasteiger partial charge in [-0.25, -0.2) is 14.1 Å². The number of carbonyl (C=O) groups is 1. The standard InChI is InChI=1S/C24H20FN3O3S/c25-23-17(9-5-13-27-32(30)31)8-4-10-19(23)24(29)18-11-12-20-21(14-18)28-22(15-26-20)16-6-2-1-3-7-16/h1-4,6-8,10-12,14-15,27H,5,9,13H2,(H,30,31)/p-1. The van der Waals surface area contributed by atoms with Gasteiger partial charge in [0.2, 0.25) is 0 Å². The van der Waals surface area contributed by atoms with Crippen molar-refractivity contribution in [2.45, 2.75) is 12.8 Å². The Balaban J connectivity index is 1.60. The lowest BCUT2D eigenvalue weighted by Crippen LogP contribution is -2.18. The molecule has 8 heteroatoms. The summed E-state index contributed by atoms with van der Waals surface area (Å²) in [5.74, 6) is -1.04. The second-order valence-corrected chi connectivity index (χ2v) is 7.92. The zero-order valence-corrected chi connectivity index (χ0v) is 17.8. The van der Waals surface area contributed by atoms with E-state index in [2.05, 4.69) is 14.7 Å². The third-order valence-corrected chi connectivity index (χ3v) is 5.48. The summed E-state index contributed by atoms with van der Waals surface area (Å²) in [7, 11) is 0. The quantitative estimate of drug-likeness (QED) is 0.250. The normalized spacial score (nSPS) is 12.1. The van der Waals surface area contributed by atoms with E-state index in [1.807, 2.05) is 30.3 Å². The van der Waals surface area contributed by atoms with Gasteiger partial charge in [-0.15, -0.1) is 0 Å². The molecule has 0 radical (unpaired) electrons. The molecule has 0 aliphatic heterocycles. The number of rotatable bonds is 8. The molecule has 0 bridgehead atoms. The van der Waals surface area contributed by atoms with Gasteiger partial charge in [0, 0.05) is 28.9 Å². The molecular formula is C24H19FN3O3S-. The molecule has 0 spiro atoms. The lowest BCUT2D eigenvalue weighted by molar-refractivity contribution is 0.103. The third-order valence-electron chi connectivity index (χ3n) is 5.04. The Labute approximate surface area is 187 Å².